The Balaban J connectivity index is 1.94. The Bertz CT molecular complexity index is 346. The van der Waals surface area contributed by atoms with Crippen LogP contribution < -0.4 is 0 Å². The van der Waals surface area contributed by atoms with Gasteiger partial charge in [-0.05, 0) is 25.2 Å². The first-order chi connectivity index (χ1) is 6.83. The Hall–Kier alpha value is -0.980. The van der Waals surface area contributed by atoms with Gasteiger partial charge in [-0.15, -0.1) is 0 Å². The van der Waals surface area contributed by atoms with Crippen LogP contribution in [0, 0.1) is 18.3 Å². The summed E-state index contributed by atoms with van der Waals surface area (Å²) in [6, 6.07) is 0. The molecule has 0 nitrogen and oxygen atoms in total. The molecule has 2 saturated carbocycles. The van der Waals surface area contributed by atoms with Gasteiger partial charge in [-0.25, -0.2) is 0 Å². The molecule has 72 valence electrons. The topological polar surface area (TPSA) is 0 Å². The van der Waals surface area contributed by atoms with Gasteiger partial charge in [-0.1, -0.05) is 0 Å². The van der Waals surface area contributed by atoms with E-state index in [1.165, 1.54) is 37.3 Å². The second-order valence-electron chi connectivity index (χ2n) is 4.62. The van der Waals surface area contributed by atoms with Crippen molar-refractivity contribution in [3.63, 3.8) is 0 Å². The lowest BCUT2D eigenvalue weighted by Gasteiger charge is -2.12. The first-order valence-electron chi connectivity index (χ1n) is 5.44. The molecule has 0 aromatic carbocycles. The van der Waals surface area contributed by atoms with E-state index in [2.05, 4.69) is 6.42 Å². The zero-order valence-electron chi connectivity index (χ0n) is 8.17. The number of hydrogen-bond donors (Lipinski definition) is 0. The molecule has 0 N–H and O–H groups in total. The quantitative estimate of drug-likeness (QED) is 0.509. The fourth-order valence-electron chi connectivity index (χ4n) is 3.10. The third-order valence-corrected chi connectivity index (χ3v) is 3.74. The maximum atomic E-state index is 13.0. The zero-order chi connectivity index (χ0) is 9.54. The molecule has 3 rings (SSSR count). The summed E-state index contributed by atoms with van der Waals surface area (Å²) in [5, 5.41) is 0. The van der Waals surface area contributed by atoms with Gasteiger partial charge < -0.3 is 0 Å². The molecule has 2 unspecified atom stereocenters. The molecule has 0 aromatic rings. The molecule has 0 radical (unpaired) electrons. The van der Waals surface area contributed by atoms with Crippen molar-refractivity contribution in [2.45, 2.75) is 25.7 Å². The highest BCUT2D eigenvalue weighted by Gasteiger charge is 2.40. The molecule has 2 fully saturated rings. The van der Waals surface area contributed by atoms with Crippen LogP contribution in [-0.2, 0) is 0 Å². The van der Waals surface area contributed by atoms with Crippen LogP contribution in [0.25, 0.3) is 0 Å². The molecule has 0 heterocycles. The monoisotopic (exact) mass is 189 g/mol. The molecule has 3 aliphatic rings. The highest BCUT2D eigenvalue weighted by molar-refractivity contribution is 5.46. The van der Waals surface area contributed by atoms with Gasteiger partial charge in [0.1, 0.15) is 0 Å². The maximum absolute atomic E-state index is 13.0. The van der Waals surface area contributed by atoms with Gasteiger partial charge in [-0.2, -0.15) is 4.39 Å². The molecule has 0 saturated heterocycles. The van der Waals surface area contributed by atoms with Crippen molar-refractivity contribution in [1.82, 2.24) is 0 Å². The number of rotatable bonds is 0. The van der Waals surface area contributed by atoms with Crippen molar-refractivity contribution in [2.75, 3.05) is 0 Å². The predicted octanol–water partition coefficient (Wildman–Crippen LogP) is 3.73. The molecule has 0 spiro atoms. The largest absolute Gasteiger partial charge is 0.205 e. The van der Waals surface area contributed by atoms with E-state index in [1.807, 2.05) is 6.08 Å². The Kier molecular flexibility index (Phi) is 1.79. The van der Waals surface area contributed by atoms with Gasteiger partial charge in [0.05, 0.1) is 17.7 Å². The molecular weight excluding hydrogens is 175 g/mol. The van der Waals surface area contributed by atoms with Crippen LogP contribution in [0.15, 0.2) is 35.2 Å². The third-order valence-electron chi connectivity index (χ3n) is 3.74. The molecule has 2 atom stereocenters. The van der Waals surface area contributed by atoms with Gasteiger partial charge in [0.25, 0.3) is 0 Å². The summed E-state index contributed by atoms with van der Waals surface area (Å²) < 4.78 is 13.0. The molecule has 14 heavy (non-hydrogen) atoms. The lowest BCUT2D eigenvalue weighted by atomic mass is 9.88. The maximum Gasteiger partial charge on any atom is 0.205 e. The fourth-order valence-corrected chi connectivity index (χ4v) is 3.10. The van der Waals surface area contributed by atoms with Gasteiger partial charge in [0.2, 0.25) is 5.83 Å². The van der Waals surface area contributed by atoms with Crippen LogP contribution in [0.3, 0.4) is 0 Å². The zero-order valence-corrected chi connectivity index (χ0v) is 8.17. The summed E-state index contributed by atoms with van der Waals surface area (Å²) >= 11 is 0. The number of allylic oxidation sites excluding steroid dienone is 6. The van der Waals surface area contributed by atoms with E-state index >= 15 is 0 Å². The van der Waals surface area contributed by atoms with E-state index < -0.39 is 0 Å². The van der Waals surface area contributed by atoms with E-state index in [-0.39, 0.29) is 5.83 Å². The third kappa shape index (κ3) is 1.23. The van der Waals surface area contributed by atoms with E-state index in [1.54, 1.807) is 6.08 Å². The minimum atomic E-state index is -0.0993. The van der Waals surface area contributed by atoms with Crippen LogP contribution >= 0.6 is 0 Å². The number of halogens is 1. The van der Waals surface area contributed by atoms with Gasteiger partial charge in [0, 0.05) is 30.4 Å². The van der Waals surface area contributed by atoms with Crippen LogP contribution in [0.4, 0.5) is 4.39 Å². The van der Waals surface area contributed by atoms with E-state index in [9.17, 15) is 4.39 Å². The van der Waals surface area contributed by atoms with Crippen LogP contribution in [0.1, 0.15) is 25.7 Å². The van der Waals surface area contributed by atoms with Crippen molar-refractivity contribution < 1.29 is 4.39 Å². The summed E-state index contributed by atoms with van der Waals surface area (Å²) in [5.41, 5.74) is 2.66. The smallest absolute Gasteiger partial charge is 0.183 e. The summed E-state index contributed by atoms with van der Waals surface area (Å²) in [5.74, 6) is 1.57. The van der Waals surface area contributed by atoms with E-state index in [0.717, 1.165) is 17.4 Å². The molecular formula is C13H14F+. The average Bonchev–Trinajstić information content (AvgIpc) is 2.78. The first kappa shape index (κ1) is 8.34. The number of fused-ring (bicyclic) bond motifs is 2. The minimum Gasteiger partial charge on any atom is -0.183 e. The SMILES string of the molecule is FC1=C/C(=C2\CC3CCC2C3)[CH+]C=C1. The summed E-state index contributed by atoms with van der Waals surface area (Å²) in [4.78, 5) is 0. The second-order valence-corrected chi connectivity index (χ2v) is 4.62. The van der Waals surface area contributed by atoms with Gasteiger partial charge in [-0.3, -0.25) is 0 Å². The highest BCUT2D eigenvalue weighted by atomic mass is 19.1. The minimum absolute atomic E-state index is 0.0993. The lowest BCUT2D eigenvalue weighted by Crippen LogP contribution is -2.02. The first-order valence-corrected chi connectivity index (χ1v) is 5.44. The summed E-state index contributed by atoms with van der Waals surface area (Å²) in [7, 11) is 0. The fraction of sp³-hybridized carbons (Fsp3) is 0.462. The lowest BCUT2D eigenvalue weighted by molar-refractivity contribution is 0.558. The Morgan fingerprint density at radius 3 is 2.93 bits per heavy atom. The van der Waals surface area contributed by atoms with Crippen LogP contribution in [-0.4, -0.2) is 0 Å². The van der Waals surface area contributed by atoms with Gasteiger partial charge >= 0.3 is 0 Å². The molecule has 0 aromatic heterocycles. The normalized spacial score (nSPS) is 39.9. The van der Waals surface area contributed by atoms with Crippen molar-refractivity contribution in [1.29, 1.82) is 0 Å². The Labute approximate surface area is 84.2 Å². The molecule has 2 bridgehead atoms. The van der Waals surface area contributed by atoms with Crippen molar-refractivity contribution >= 4 is 0 Å². The van der Waals surface area contributed by atoms with Gasteiger partial charge in [0.15, 0.2) is 0 Å². The molecule has 0 amide bonds. The average molecular weight is 189 g/mol. The van der Waals surface area contributed by atoms with E-state index in [4.69, 9.17) is 0 Å². The molecule has 3 aliphatic carbocycles. The Morgan fingerprint density at radius 2 is 2.29 bits per heavy atom. The highest BCUT2D eigenvalue weighted by Crippen LogP contribution is 2.49. The molecule has 0 aliphatic heterocycles. The molecule has 1 heteroatoms. The Morgan fingerprint density at radius 1 is 1.36 bits per heavy atom. The van der Waals surface area contributed by atoms with Crippen molar-refractivity contribution in [2.24, 2.45) is 11.8 Å². The predicted molar refractivity (Wildman–Crippen MR) is 55.1 cm³/mol. The summed E-state index contributed by atoms with van der Waals surface area (Å²) in [6.07, 6.45) is 12.4. The van der Waals surface area contributed by atoms with Crippen LogP contribution in [0.5, 0.6) is 0 Å². The van der Waals surface area contributed by atoms with Crippen LogP contribution in [0.2, 0.25) is 0 Å². The van der Waals surface area contributed by atoms with E-state index in [0.29, 0.717) is 0 Å². The van der Waals surface area contributed by atoms with Crippen molar-refractivity contribution in [3.8, 4) is 0 Å². The standard InChI is InChI=1S/C13H14F/c14-12-3-1-2-10(8-12)13-7-9-4-5-11(13)6-9/h1-3,8-9,11H,4-7H2/q+1/b13-10+. The van der Waals surface area contributed by atoms with Crippen molar-refractivity contribution in [3.05, 3.63) is 41.6 Å². The number of hydrogen-bond acceptors (Lipinski definition) is 0. The summed E-state index contributed by atoms with van der Waals surface area (Å²) in [6.45, 7) is 0. The second kappa shape index (κ2) is 3.01.